The first kappa shape index (κ1) is 15.5. The summed E-state index contributed by atoms with van der Waals surface area (Å²) in [4.78, 5) is 0. The molecule has 1 aromatic heterocycles. The zero-order valence-corrected chi connectivity index (χ0v) is 13.1. The van der Waals surface area contributed by atoms with E-state index in [9.17, 15) is 0 Å². The smallest absolute Gasteiger partial charge is 0.0762 e. The summed E-state index contributed by atoms with van der Waals surface area (Å²) in [5.41, 5.74) is 1.14. The van der Waals surface area contributed by atoms with Crippen LogP contribution in [0, 0.1) is 5.92 Å². The van der Waals surface area contributed by atoms with Crippen LogP contribution in [0.2, 0.25) is 0 Å². The van der Waals surface area contributed by atoms with Gasteiger partial charge in [0.05, 0.1) is 18.3 Å². The van der Waals surface area contributed by atoms with Gasteiger partial charge in [-0.25, -0.2) is 0 Å². The molecule has 1 aliphatic carbocycles. The maximum atomic E-state index is 5.27. The fraction of sp³-hybridized carbons (Fsp3) is 0.812. The first-order valence-electron chi connectivity index (χ1n) is 7.97. The number of hydrogen-bond acceptors (Lipinski definition) is 3. The van der Waals surface area contributed by atoms with Crippen molar-refractivity contribution in [2.75, 3.05) is 13.7 Å². The Morgan fingerprint density at radius 1 is 1.35 bits per heavy atom. The highest BCUT2D eigenvalue weighted by Crippen LogP contribution is 2.27. The average molecular weight is 279 g/mol. The summed E-state index contributed by atoms with van der Waals surface area (Å²) in [5.74, 6) is 0.565. The molecule has 1 atom stereocenters. The molecule has 4 heteroatoms. The lowest BCUT2D eigenvalue weighted by Gasteiger charge is -2.22. The maximum absolute atomic E-state index is 5.27. The van der Waals surface area contributed by atoms with Crippen LogP contribution in [0.3, 0.4) is 0 Å². The molecule has 20 heavy (non-hydrogen) atoms. The first-order chi connectivity index (χ1) is 9.70. The molecule has 114 valence electrons. The van der Waals surface area contributed by atoms with Crippen molar-refractivity contribution in [3.05, 3.63) is 18.0 Å². The van der Waals surface area contributed by atoms with Gasteiger partial charge in [0.15, 0.2) is 0 Å². The minimum atomic E-state index is 0.389. The number of aromatic nitrogens is 2. The number of rotatable bonds is 7. The maximum Gasteiger partial charge on any atom is 0.0762 e. The Labute approximate surface area is 122 Å². The number of nitrogens with one attached hydrogen (secondary N) is 1. The van der Waals surface area contributed by atoms with Crippen molar-refractivity contribution in [1.82, 2.24) is 15.1 Å². The van der Waals surface area contributed by atoms with E-state index in [1.807, 2.05) is 0 Å². The predicted molar refractivity (Wildman–Crippen MR) is 81.7 cm³/mol. The number of ether oxygens (including phenoxy) is 1. The zero-order valence-electron chi connectivity index (χ0n) is 13.1. The lowest BCUT2D eigenvalue weighted by molar-refractivity contribution is 0.146. The van der Waals surface area contributed by atoms with Crippen LogP contribution < -0.4 is 5.32 Å². The molecule has 0 amide bonds. The van der Waals surface area contributed by atoms with Crippen molar-refractivity contribution < 1.29 is 4.74 Å². The number of hydrogen-bond donors (Lipinski definition) is 1. The van der Waals surface area contributed by atoms with Crippen molar-refractivity contribution in [2.45, 2.75) is 64.6 Å². The predicted octanol–water partition coefficient (Wildman–Crippen LogP) is 3.15. The van der Waals surface area contributed by atoms with E-state index in [1.54, 1.807) is 7.11 Å². The first-order valence-corrected chi connectivity index (χ1v) is 7.97. The second-order valence-electron chi connectivity index (χ2n) is 6.27. The van der Waals surface area contributed by atoms with Crippen LogP contribution in [0.5, 0.6) is 0 Å². The average Bonchev–Trinajstić information content (AvgIpc) is 2.93. The number of methoxy groups -OCH3 is 1. The molecule has 0 radical (unpaired) electrons. The Morgan fingerprint density at radius 3 is 2.75 bits per heavy atom. The van der Waals surface area contributed by atoms with Gasteiger partial charge in [-0.05, 0) is 24.8 Å². The lowest BCUT2D eigenvalue weighted by Crippen LogP contribution is -2.37. The molecule has 1 aromatic rings. The van der Waals surface area contributed by atoms with Gasteiger partial charge in [0.1, 0.15) is 0 Å². The highest BCUT2D eigenvalue weighted by atomic mass is 16.5. The largest absolute Gasteiger partial charge is 0.383 e. The van der Waals surface area contributed by atoms with Crippen LogP contribution in [-0.4, -0.2) is 29.5 Å². The van der Waals surface area contributed by atoms with E-state index in [0.29, 0.717) is 18.0 Å². The summed E-state index contributed by atoms with van der Waals surface area (Å²) in [6.45, 7) is 6.02. The molecule has 1 N–H and O–H groups in total. The van der Waals surface area contributed by atoms with Gasteiger partial charge in [0.25, 0.3) is 0 Å². The van der Waals surface area contributed by atoms with Crippen LogP contribution in [-0.2, 0) is 11.3 Å². The van der Waals surface area contributed by atoms with E-state index in [2.05, 4.69) is 36.1 Å². The van der Waals surface area contributed by atoms with Crippen molar-refractivity contribution in [2.24, 2.45) is 5.92 Å². The summed E-state index contributed by atoms with van der Waals surface area (Å²) in [6.07, 6.45) is 8.80. The molecule has 0 aliphatic heterocycles. The van der Waals surface area contributed by atoms with E-state index in [4.69, 9.17) is 9.84 Å². The van der Waals surface area contributed by atoms with E-state index < -0.39 is 0 Å². The third-order valence-electron chi connectivity index (χ3n) is 4.31. The molecule has 2 rings (SSSR count). The van der Waals surface area contributed by atoms with Crippen molar-refractivity contribution in [3.8, 4) is 0 Å². The van der Waals surface area contributed by atoms with Gasteiger partial charge in [0.2, 0.25) is 0 Å². The van der Waals surface area contributed by atoms with E-state index in [0.717, 1.165) is 18.8 Å². The molecular weight excluding hydrogens is 250 g/mol. The van der Waals surface area contributed by atoms with E-state index >= 15 is 0 Å². The van der Waals surface area contributed by atoms with Crippen molar-refractivity contribution in [1.29, 1.82) is 0 Å². The topological polar surface area (TPSA) is 39.1 Å². The molecule has 1 saturated carbocycles. The lowest BCUT2D eigenvalue weighted by atomic mass is 9.96. The van der Waals surface area contributed by atoms with E-state index in [1.165, 1.54) is 32.1 Å². The Hall–Kier alpha value is -0.870. The van der Waals surface area contributed by atoms with Gasteiger partial charge in [-0.3, -0.25) is 4.68 Å². The summed E-state index contributed by atoms with van der Waals surface area (Å²) < 4.78 is 7.44. The van der Waals surface area contributed by atoms with Gasteiger partial charge >= 0.3 is 0 Å². The Bertz CT molecular complexity index is 383. The highest BCUT2D eigenvalue weighted by molar-refractivity contribution is 5.00. The van der Waals surface area contributed by atoms with Crippen LogP contribution in [0.25, 0.3) is 0 Å². The molecule has 1 heterocycles. The fourth-order valence-electron chi connectivity index (χ4n) is 2.92. The summed E-state index contributed by atoms with van der Waals surface area (Å²) in [7, 11) is 1.76. The third kappa shape index (κ3) is 4.32. The van der Waals surface area contributed by atoms with Crippen molar-refractivity contribution >= 4 is 0 Å². The van der Waals surface area contributed by atoms with Crippen LogP contribution in [0.4, 0.5) is 0 Å². The fourth-order valence-corrected chi connectivity index (χ4v) is 2.92. The molecule has 0 bridgehead atoms. The molecule has 1 unspecified atom stereocenters. The second kappa shape index (κ2) is 7.79. The highest BCUT2D eigenvalue weighted by Gasteiger charge is 2.17. The molecule has 1 fully saturated rings. The monoisotopic (exact) mass is 279 g/mol. The molecule has 0 aromatic carbocycles. The standard InChI is InChI=1S/C16H29N3O/c1-13(2)16(12-20-3)17-11-14-9-10-19(18-14)15-7-5-4-6-8-15/h9-10,13,15-17H,4-8,11-12H2,1-3H3. The van der Waals surface area contributed by atoms with Gasteiger partial charge in [-0.1, -0.05) is 33.1 Å². The van der Waals surface area contributed by atoms with Crippen LogP contribution in [0.15, 0.2) is 12.3 Å². The second-order valence-corrected chi connectivity index (χ2v) is 6.27. The summed E-state index contributed by atoms with van der Waals surface area (Å²) in [5, 5.41) is 8.29. The molecule has 4 nitrogen and oxygen atoms in total. The SMILES string of the molecule is COCC(NCc1ccn(C2CCCCC2)n1)C(C)C. The summed E-state index contributed by atoms with van der Waals surface area (Å²) >= 11 is 0. The van der Waals surface area contributed by atoms with Crippen LogP contribution in [0.1, 0.15) is 57.7 Å². The molecule has 1 aliphatic rings. The van der Waals surface area contributed by atoms with E-state index in [-0.39, 0.29) is 0 Å². The molecule has 0 saturated heterocycles. The Morgan fingerprint density at radius 2 is 2.10 bits per heavy atom. The Balaban J connectivity index is 1.85. The van der Waals surface area contributed by atoms with Gasteiger partial charge in [-0.2, -0.15) is 5.10 Å². The van der Waals surface area contributed by atoms with Gasteiger partial charge < -0.3 is 10.1 Å². The molecule has 0 spiro atoms. The minimum Gasteiger partial charge on any atom is -0.383 e. The minimum absolute atomic E-state index is 0.389. The van der Waals surface area contributed by atoms with Gasteiger partial charge in [0, 0.05) is 25.9 Å². The van der Waals surface area contributed by atoms with Gasteiger partial charge in [-0.15, -0.1) is 0 Å². The zero-order chi connectivity index (χ0) is 14.4. The molecular formula is C16H29N3O. The Kier molecular flexibility index (Phi) is 6.05. The van der Waals surface area contributed by atoms with Crippen LogP contribution >= 0.6 is 0 Å². The third-order valence-corrected chi connectivity index (χ3v) is 4.31. The number of nitrogens with zero attached hydrogens (tertiary/aromatic N) is 2. The summed E-state index contributed by atoms with van der Waals surface area (Å²) in [6, 6.07) is 3.16. The van der Waals surface area contributed by atoms with Crippen molar-refractivity contribution in [3.63, 3.8) is 0 Å². The quantitative estimate of drug-likeness (QED) is 0.833. The normalized spacial score (nSPS) is 18.6.